The molecule has 9 aromatic carbocycles. The van der Waals surface area contributed by atoms with Gasteiger partial charge < -0.3 is 4.42 Å². The number of hydrogen-bond acceptors (Lipinski definition) is 1. The molecule has 0 fully saturated rings. The first-order valence-corrected chi connectivity index (χ1v) is 18.2. The lowest BCUT2D eigenvalue weighted by atomic mass is 9.80. The summed E-state index contributed by atoms with van der Waals surface area (Å²) < 4.78 is 6.22. The molecular weight excluding hydrogens is 629 g/mol. The van der Waals surface area contributed by atoms with E-state index < -0.39 is 0 Å². The molecule has 244 valence electrons. The van der Waals surface area contributed by atoms with E-state index in [4.69, 9.17) is 4.42 Å². The molecule has 0 radical (unpaired) electrons. The Morgan fingerprint density at radius 1 is 0.346 bits per heavy atom. The number of para-hydroxylation sites is 1. The summed E-state index contributed by atoms with van der Waals surface area (Å²) in [6, 6.07) is 62.5. The van der Waals surface area contributed by atoms with Crippen LogP contribution in [0.15, 0.2) is 174 Å². The third-order valence-electron chi connectivity index (χ3n) is 11.7. The van der Waals surface area contributed by atoms with E-state index in [1.165, 1.54) is 88.0 Å². The van der Waals surface area contributed by atoms with Gasteiger partial charge in [-0.1, -0.05) is 153 Å². The van der Waals surface area contributed by atoms with Crippen molar-refractivity contribution in [2.45, 2.75) is 19.3 Å². The highest BCUT2D eigenvalue weighted by atomic mass is 16.3. The van der Waals surface area contributed by atoms with E-state index in [0.717, 1.165) is 21.9 Å². The number of benzene rings is 9. The number of furan rings is 1. The van der Waals surface area contributed by atoms with Gasteiger partial charge in [-0.15, -0.1) is 0 Å². The standard InChI is InChI=1S/C51H34O/c1-51(2)44-24-13-23-41(50(44)43-28-31-14-3-4-15-32(31)30-45(43)51)49-39-21-9-7-19-37(39)48(38-20-8-10-22-40(38)49)36-18-6-5-16-34(36)33-26-27-47-42(29-33)35-17-11-12-25-46(35)52-47/h3-30H,1-2H3. The molecule has 1 aliphatic rings. The Kier molecular flexibility index (Phi) is 6.08. The molecule has 1 aromatic heterocycles. The van der Waals surface area contributed by atoms with Crippen LogP contribution < -0.4 is 0 Å². The van der Waals surface area contributed by atoms with Crippen LogP contribution in [-0.2, 0) is 5.41 Å². The van der Waals surface area contributed by atoms with Crippen LogP contribution in [0.4, 0.5) is 0 Å². The van der Waals surface area contributed by atoms with E-state index >= 15 is 0 Å². The predicted molar refractivity (Wildman–Crippen MR) is 220 cm³/mol. The quantitative estimate of drug-likeness (QED) is 0.172. The molecule has 0 aliphatic heterocycles. The Labute approximate surface area is 302 Å². The summed E-state index contributed by atoms with van der Waals surface area (Å²) in [6.45, 7) is 4.77. The van der Waals surface area contributed by atoms with E-state index in [0.29, 0.717) is 0 Å². The van der Waals surface area contributed by atoms with Crippen molar-refractivity contribution in [3.8, 4) is 44.5 Å². The highest BCUT2D eigenvalue weighted by Crippen LogP contribution is 2.55. The van der Waals surface area contributed by atoms with Crippen LogP contribution in [0.5, 0.6) is 0 Å². The fraction of sp³-hybridized carbons (Fsp3) is 0.0588. The fourth-order valence-corrected chi connectivity index (χ4v) is 9.24. The van der Waals surface area contributed by atoms with Gasteiger partial charge in [0.1, 0.15) is 11.2 Å². The third kappa shape index (κ3) is 4.05. The van der Waals surface area contributed by atoms with Gasteiger partial charge in [0.2, 0.25) is 0 Å². The lowest BCUT2D eigenvalue weighted by Gasteiger charge is -2.23. The van der Waals surface area contributed by atoms with Gasteiger partial charge in [0.05, 0.1) is 0 Å². The molecule has 0 saturated heterocycles. The van der Waals surface area contributed by atoms with Crippen LogP contribution in [0.25, 0.3) is 98.8 Å². The van der Waals surface area contributed by atoms with Crippen LogP contribution >= 0.6 is 0 Å². The average Bonchev–Trinajstić information content (AvgIpc) is 3.67. The lowest BCUT2D eigenvalue weighted by molar-refractivity contribution is 0.661. The zero-order valence-corrected chi connectivity index (χ0v) is 29.1. The summed E-state index contributed by atoms with van der Waals surface area (Å²) >= 11 is 0. The summed E-state index contributed by atoms with van der Waals surface area (Å²) in [5.41, 5.74) is 14.7. The second kappa shape index (κ2) is 10.8. The van der Waals surface area contributed by atoms with Crippen molar-refractivity contribution in [1.29, 1.82) is 0 Å². The van der Waals surface area contributed by atoms with Crippen molar-refractivity contribution in [2.75, 3.05) is 0 Å². The van der Waals surface area contributed by atoms with Crippen molar-refractivity contribution in [2.24, 2.45) is 0 Å². The van der Waals surface area contributed by atoms with E-state index in [1.54, 1.807) is 0 Å². The van der Waals surface area contributed by atoms with Gasteiger partial charge in [0.15, 0.2) is 0 Å². The van der Waals surface area contributed by atoms with Gasteiger partial charge in [-0.25, -0.2) is 0 Å². The van der Waals surface area contributed by atoms with Crippen LogP contribution in [-0.4, -0.2) is 0 Å². The first-order valence-electron chi connectivity index (χ1n) is 18.2. The fourth-order valence-electron chi connectivity index (χ4n) is 9.24. The van der Waals surface area contributed by atoms with E-state index in [-0.39, 0.29) is 5.41 Å². The second-order valence-electron chi connectivity index (χ2n) is 14.8. The lowest BCUT2D eigenvalue weighted by Crippen LogP contribution is -2.14. The van der Waals surface area contributed by atoms with Crippen molar-refractivity contribution >= 4 is 54.3 Å². The molecule has 0 amide bonds. The first-order chi connectivity index (χ1) is 25.6. The van der Waals surface area contributed by atoms with Gasteiger partial charge in [0, 0.05) is 16.2 Å². The average molecular weight is 663 g/mol. The largest absolute Gasteiger partial charge is 0.456 e. The molecule has 52 heavy (non-hydrogen) atoms. The highest BCUT2D eigenvalue weighted by molar-refractivity contribution is 6.24. The van der Waals surface area contributed by atoms with Gasteiger partial charge in [-0.3, -0.25) is 0 Å². The molecule has 1 heterocycles. The molecule has 0 atom stereocenters. The minimum absolute atomic E-state index is 0.114. The van der Waals surface area contributed by atoms with E-state index in [1.807, 2.05) is 12.1 Å². The summed E-state index contributed by atoms with van der Waals surface area (Å²) in [4.78, 5) is 0. The molecule has 0 saturated carbocycles. The van der Waals surface area contributed by atoms with E-state index in [9.17, 15) is 0 Å². The minimum Gasteiger partial charge on any atom is -0.456 e. The highest BCUT2D eigenvalue weighted by Gasteiger charge is 2.37. The Balaban J connectivity index is 1.21. The predicted octanol–water partition coefficient (Wildman–Crippen LogP) is 14.4. The Morgan fingerprint density at radius 3 is 1.60 bits per heavy atom. The maximum absolute atomic E-state index is 6.22. The zero-order valence-electron chi connectivity index (χ0n) is 29.1. The maximum atomic E-state index is 6.22. The zero-order chi connectivity index (χ0) is 34.6. The Morgan fingerprint density at radius 2 is 0.885 bits per heavy atom. The third-order valence-corrected chi connectivity index (χ3v) is 11.7. The molecule has 11 rings (SSSR count). The Bertz CT molecular complexity index is 3040. The van der Waals surface area contributed by atoms with Gasteiger partial charge in [-0.2, -0.15) is 0 Å². The molecular formula is C51H34O. The topological polar surface area (TPSA) is 13.1 Å². The summed E-state index contributed by atoms with van der Waals surface area (Å²) in [7, 11) is 0. The van der Waals surface area contributed by atoms with Gasteiger partial charge in [0.25, 0.3) is 0 Å². The minimum atomic E-state index is -0.114. The molecule has 1 heteroatoms. The van der Waals surface area contributed by atoms with Crippen LogP contribution in [0.1, 0.15) is 25.0 Å². The van der Waals surface area contributed by atoms with Crippen molar-refractivity contribution in [3.63, 3.8) is 0 Å². The number of fused-ring (bicyclic) bond motifs is 9. The molecule has 1 aliphatic carbocycles. The molecule has 10 aromatic rings. The summed E-state index contributed by atoms with van der Waals surface area (Å²) in [5, 5.41) is 9.91. The SMILES string of the molecule is CC1(C)c2cc3ccccc3cc2-c2c(-c3c4ccccc4c(-c4ccccc4-c4ccc5oc6ccccc6c5c4)c4ccccc34)cccc21. The van der Waals surface area contributed by atoms with E-state index in [2.05, 4.69) is 172 Å². The number of rotatable bonds is 3. The second-order valence-corrected chi connectivity index (χ2v) is 14.8. The summed E-state index contributed by atoms with van der Waals surface area (Å²) in [5.74, 6) is 0. The molecule has 0 unspecified atom stereocenters. The number of hydrogen-bond donors (Lipinski definition) is 0. The Hall–Kier alpha value is -6.44. The molecule has 0 bridgehead atoms. The van der Waals surface area contributed by atoms with Crippen LogP contribution in [0, 0.1) is 0 Å². The first kappa shape index (κ1) is 29.3. The van der Waals surface area contributed by atoms with Crippen LogP contribution in [0.3, 0.4) is 0 Å². The normalized spacial score (nSPS) is 13.3. The van der Waals surface area contributed by atoms with Crippen molar-refractivity contribution < 1.29 is 4.42 Å². The maximum Gasteiger partial charge on any atom is 0.135 e. The van der Waals surface area contributed by atoms with Gasteiger partial charge in [-0.05, 0) is 118 Å². The monoisotopic (exact) mass is 662 g/mol. The van der Waals surface area contributed by atoms with Gasteiger partial charge >= 0.3 is 0 Å². The van der Waals surface area contributed by atoms with Crippen molar-refractivity contribution in [3.05, 3.63) is 181 Å². The van der Waals surface area contributed by atoms with Crippen molar-refractivity contribution in [1.82, 2.24) is 0 Å². The molecule has 1 nitrogen and oxygen atoms in total. The van der Waals surface area contributed by atoms with Crippen LogP contribution in [0.2, 0.25) is 0 Å². The molecule has 0 spiro atoms. The summed E-state index contributed by atoms with van der Waals surface area (Å²) in [6.07, 6.45) is 0. The molecule has 0 N–H and O–H groups in total. The smallest absolute Gasteiger partial charge is 0.135 e.